The predicted octanol–water partition coefficient (Wildman–Crippen LogP) is 11.7. The van der Waals surface area contributed by atoms with Crippen molar-refractivity contribution in [1.82, 2.24) is 44.3 Å². The van der Waals surface area contributed by atoms with Gasteiger partial charge in [-0.3, -0.25) is 4.99 Å². The van der Waals surface area contributed by atoms with Crippen LogP contribution in [0.3, 0.4) is 0 Å². The number of nitriles is 4. The highest BCUT2D eigenvalue weighted by Crippen LogP contribution is 2.28. The number of nitrogens with zero attached hydrogens (tertiary/aromatic N) is 17. The van der Waals surface area contributed by atoms with E-state index in [4.69, 9.17) is 34.2 Å². The zero-order valence-corrected chi connectivity index (χ0v) is 42.1. The van der Waals surface area contributed by atoms with Crippen molar-refractivity contribution in [3.63, 3.8) is 0 Å². The van der Waals surface area contributed by atoms with Crippen molar-refractivity contribution in [2.45, 2.75) is 31.9 Å². The molecule has 0 amide bonds. The van der Waals surface area contributed by atoms with Crippen LogP contribution < -0.4 is 0 Å². The minimum Gasteiger partial charge on any atom is -0.316 e. The SMILES string of the molecule is C.C1=NC=NC1.Cl.N#Cc1ccc(CBr)cc1.N#Cc1ccc(Cn2cncn2)cc1.N#Cc1ccc(Cn2cnnc2)cc1.[C-]#[N+]c1ccc(C(c2ccc(C#N)cc2)n2cncn2)cc1.[C-]#[N+]c1ccc(F)cc1. The average molecular weight is 1090 g/mol. The van der Waals surface area contributed by atoms with E-state index in [0.29, 0.717) is 40.2 Å². The van der Waals surface area contributed by atoms with E-state index in [1.165, 1.54) is 42.5 Å². The second kappa shape index (κ2) is 34.2. The maximum atomic E-state index is 12.1. The van der Waals surface area contributed by atoms with Gasteiger partial charge in [-0.05, 0) is 88.5 Å². The minimum absolute atomic E-state index is 0. The van der Waals surface area contributed by atoms with Gasteiger partial charge in [-0.25, -0.2) is 38.4 Å². The van der Waals surface area contributed by atoms with E-state index in [0.717, 1.165) is 40.7 Å². The Morgan fingerprint density at radius 3 is 1.38 bits per heavy atom. The second-order valence-corrected chi connectivity index (χ2v) is 15.5. The number of benzene rings is 6. The fraction of sp³-hybridized carbons (Fsp3) is 0.107. The molecule has 20 heteroatoms. The molecule has 10 rings (SSSR count). The lowest BCUT2D eigenvalue weighted by Gasteiger charge is -2.18. The Balaban J connectivity index is 0.000000250. The van der Waals surface area contributed by atoms with Crippen molar-refractivity contribution in [1.29, 1.82) is 21.0 Å². The van der Waals surface area contributed by atoms with Crippen LogP contribution >= 0.6 is 28.3 Å². The smallest absolute Gasteiger partial charge is 0.187 e. The van der Waals surface area contributed by atoms with Gasteiger partial charge in [-0.15, -0.1) is 22.6 Å². The molecule has 4 heterocycles. The summed E-state index contributed by atoms with van der Waals surface area (Å²) in [6, 6.07) is 50.8. The normalized spacial score (nSPS) is 10.2. The maximum absolute atomic E-state index is 12.1. The largest absolute Gasteiger partial charge is 0.316 e. The van der Waals surface area contributed by atoms with E-state index >= 15 is 0 Å². The number of aromatic nitrogens is 9. The van der Waals surface area contributed by atoms with E-state index in [9.17, 15) is 4.39 Å². The van der Waals surface area contributed by atoms with Gasteiger partial charge in [0.05, 0.1) is 72.8 Å². The summed E-state index contributed by atoms with van der Waals surface area (Å²) in [5.41, 5.74) is 9.18. The van der Waals surface area contributed by atoms with Crippen molar-refractivity contribution < 1.29 is 4.39 Å². The van der Waals surface area contributed by atoms with Crippen LogP contribution in [0.5, 0.6) is 0 Å². The summed E-state index contributed by atoms with van der Waals surface area (Å²) in [5, 5.41) is 51.1. The van der Waals surface area contributed by atoms with Gasteiger partial charge in [0.15, 0.2) is 11.4 Å². The van der Waals surface area contributed by atoms with Crippen molar-refractivity contribution in [3.05, 3.63) is 262 Å². The average Bonchev–Trinajstić information content (AvgIpc) is 4.35. The molecule has 1 unspecified atom stereocenters. The molecule has 17 nitrogen and oxygen atoms in total. The molecule has 1 aliphatic heterocycles. The van der Waals surface area contributed by atoms with Gasteiger partial charge >= 0.3 is 0 Å². The number of aliphatic imine (C=N–C) groups is 2. The molecule has 0 radical (unpaired) electrons. The number of alkyl halides is 1. The summed E-state index contributed by atoms with van der Waals surface area (Å²) in [5.74, 6) is -0.303. The van der Waals surface area contributed by atoms with Gasteiger partial charge in [0.2, 0.25) is 0 Å². The maximum Gasteiger partial charge on any atom is 0.187 e. The third-order valence-electron chi connectivity index (χ3n) is 9.84. The monoisotopic (exact) mass is 1090 g/mol. The summed E-state index contributed by atoms with van der Waals surface area (Å²) in [6.07, 6.45) is 13.0. The summed E-state index contributed by atoms with van der Waals surface area (Å²) in [4.78, 5) is 21.8. The topological polar surface area (TPSA) is 221 Å². The summed E-state index contributed by atoms with van der Waals surface area (Å²) < 4.78 is 17.5. The second-order valence-electron chi connectivity index (χ2n) is 14.9. The predicted molar refractivity (Wildman–Crippen MR) is 294 cm³/mol. The third kappa shape index (κ3) is 20.8. The van der Waals surface area contributed by atoms with Crippen LogP contribution in [0, 0.1) is 64.3 Å². The van der Waals surface area contributed by atoms with Gasteiger partial charge in [-0.2, -0.15) is 31.2 Å². The van der Waals surface area contributed by atoms with E-state index < -0.39 is 0 Å². The highest BCUT2D eigenvalue weighted by Gasteiger charge is 2.17. The van der Waals surface area contributed by atoms with Crippen molar-refractivity contribution in [2.75, 3.05) is 6.54 Å². The fourth-order valence-electron chi connectivity index (χ4n) is 6.12. The Morgan fingerprint density at radius 1 is 0.566 bits per heavy atom. The minimum atomic E-state index is -0.303. The van der Waals surface area contributed by atoms with E-state index in [2.05, 4.69) is 90.2 Å². The summed E-state index contributed by atoms with van der Waals surface area (Å²) in [6.45, 7) is 15.8. The molecule has 0 spiro atoms. The van der Waals surface area contributed by atoms with Gasteiger partial charge in [0.1, 0.15) is 56.2 Å². The lowest BCUT2D eigenvalue weighted by atomic mass is 9.98. The third-order valence-corrected chi connectivity index (χ3v) is 10.5. The van der Waals surface area contributed by atoms with Gasteiger partial charge in [-0.1, -0.05) is 108 Å². The first-order valence-electron chi connectivity index (χ1n) is 21.9. The standard InChI is InChI=1S/C17H11N5.2C10H8N4.C8H6BrN.C7H4FN.C3H4N2.CH4.ClH/c1-19-16-8-6-15(7-9-16)17(22-12-20-11-21-22)14-4-2-13(10-18)3-5-14;11-5-9-1-3-10(4-2-9)6-14-7-12-13-8-14;11-5-9-1-3-10(4-2-9)6-14-8-12-7-13-14;9-5-7-1-3-8(6-10)4-2-7;1-9-7-4-2-6(8)3-5-7;1-2-5-3-4-1;;/h2-9,11-12,17H;2*1-4,7-8H,6H2;1-4H,5H2;2-5H;1,3H,2H2;1H4;1H. The van der Waals surface area contributed by atoms with E-state index in [1.807, 2.05) is 77.4 Å². The van der Waals surface area contributed by atoms with Crippen LogP contribution in [0.2, 0.25) is 0 Å². The number of halogens is 3. The molecule has 0 fully saturated rings. The molecule has 0 bridgehead atoms. The van der Waals surface area contributed by atoms with Crippen LogP contribution in [0.4, 0.5) is 15.8 Å². The van der Waals surface area contributed by atoms with Gasteiger partial charge in [0, 0.05) is 18.1 Å². The highest BCUT2D eigenvalue weighted by atomic mass is 79.9. The lowest BCUT2D eigenvalue weighted by molar-refractivity contribution is 0.594. The first kappa shape index (κ1) is 60.0. The van der Waals surface area contributed by atoms with Crippen molar-refractivity contribution >= 4 is 52.3 Å². The molecule has 0 aliphatic carbocycles. The number of rotatable bonds is 8. The molecule has 1 aliphatic rings. The number of hydrogen-bond donors (Lipinski definition) is 0. The highest BCUT2D eigenvalue weighted by molar-refractivity contribution is 9.08. The molecule has 76 heavy (non-hydrogen) atoms. The fourth-order valence-corrected chi connectivity index (χ4v) is 6.50. The molecule has 376 valence electrons. The Hall–Kier alpha value is -10.3. The number of hydrogen-bond acceptors (Lipinski definition) is 12. The quantitative estimate of drug-likeness (QED) is 0.103. The van der Waals surface area contributed by atoms with Crippen LogP contribution in [0.1, 0.15) is 63.5 Å². The van der Waals surface area contributed by atoms with Crippen LogP contribution in [-0.4, -0.2) is 63.4 Å². The molecule has 0 saturated carbocycles. The molecular formula is C56H46BrClFN17. The molecule has 1 atom stereocenters. The molecule has 3 aromatic heterocycles. The van der Waals surface area contributed by atoms with Gasteiger partial charge < -0.3 is 4.57 Å². The van der Waals surface area contributed by atoms with E-state index in [-0.39, 0.29) is 31.7 Å². The Labute approximate surface area is 454 Å². The van der Waals surface area contributed by atoms with Crippen LogP contribution in [0.25, 0.3) is 9.69 Å². The van der Waals surface area contributed by atoms with Crippen molar-refractivity contribution in [2.24, 2.45) is 9.98 Å². The lowest BCUT2D eigenvalue weighted by Crippen LogP contribution is -2.12. The van der Waals surface area contributed by atoms with Crippen molar-refractivity contribution in [3.8, 4) is 24.3 Å². The molecule has 0 saturated heterocycles. The first-order valence-corrected chi connectivity index (χ1v) is 23.0. The Bertz CT molecular complexity index is 3220. The molecule has 6 aromatic carbocycles. The van der Waals surface area contributed by atoms with Gasteiger partial charge in [0.25, 0.3) is 0 Å². The van der Waals surface area contributed by atoms with E-state index in [1.54, 1.807) is 95.8 Å². The Kier molecular flexibility index (Phi) is 27.0. The zero-order valence-electron chi connectivity index (χ0n) is 39.6. The summed E-state index contributed by atoms with van der Waals surface area (Å²) >= 11 is 3.32. The molecular weight excluding hydrogens is 1050 g/mol. The Morgan fingerprint density at radius 2 is 1.00 bits per heavy atom. The van der Waals surface area contributed by atoms with Crippen LogP contribution in [-0.2, 0) is 18.4 Å². The zero-order chi connectivity index (χ0) is 52.6. The summed E-state index contributed by atoms with van der Waals surface area (Å²) in [7, 11) is 0. The first-order chi connectivity index (χ1) is 36.3. The molecule has 0 N–H and O–H groups in total. The van der Waals surface area contributed by atoms with Crippen LogP contribution in [0.15, 0.2) is 194 Å². The molecule has 9 aromatic rings.